The van der Waals surface area contributed by atoms with Crippen molar-refractivity contribution in [3.05, 3.63) is 92.0 Å². The average Bonchev–Trinajstić information content (AvgIpc) is 2.55. The van der Waals surface area contributed by atoms with E-state index in [1.54, 1.807) is 60.7 Å². The molecule has 0 aliphatic rings. The van der Waals surface area contributed by atoms with Crippen LogP contribution in [0.25, 0.3) is 0 Å². The summed E-state index contributed by atoms with van der Waals surface area (Å²) in [4.78, 5) is 21.1. The molecule has 0 bridgehead atoms. The summed E-state index contributed by atoms with van der Waals surface area (Å²) in [5, 5.41) is 22.3. The lowest BCUT2D eigenvalue weighted by Gasteiger charge is -2.14. The SMILES string of the molecule is O=[N+]([O-])C(Cc1ccccc1)OC(Cc1ccccc1)[N+](=O)[O-]. The van der Waals surface area contributed by atoms with E-state index in [0.717, 1.165) is 0 Å². The van der Waals surface area contributed by atoms with Crippen LogP contribution in [0, 0.1) is 20.2 Å². The smallest absolute Gasteiger partial charge is 0.262 e. The summed E-state index contributed by atoms with van der Waals surface area (Å²) < 4.78 is 5.18. The maximum Gasteiger partial charge on any atom is 0.324 e. The van der Waals surface area contributed by atoms with Crippen molar-refractivity contribution in [3.8, 4) is 0 Å². The zero-order valence-corrected chi connectivity index (χ0v) is 12.3. The number of hydrogen-bond donors (Lipinski definition) is 0. The predicted molar refractivity (Wildman–Crippen MR) is 82.9 cm³/mol. The quantitative estimate of drug-likeness (QED) is 0.424. The molecule has 0 amide bonds. The molecule has 0 aliphatic carbocycles. The maximum atomic E-state index is 11.2. The van der Waals surface area contributed by atoms with Gasteiger partial charge in [-0.1, -0.05) is 60.7 Å². The van der Waals surface area contributed by atoms with Crippen molar-refractivity contribution in [2.24, 2.45) is 0 Å². The molecule has 2 aromatic carbocycles. The van der Waals surface area contributed by atoms with Gasteiger partial charge in [-0.05, 0) is 11.1 Å². The van der Waals surface area contributed by atoms with Crippen LogP contribution in [-0.2, 0) is 17.6 Å². The summed E-state index contributed by atoms with van der Waals surface area (Å²) in [6.45, 7) is 0. The molecule has 0 heterocycles. The van der Waals surface area contributed by atoms with E-state index in [1.807, 2.05) is 0 Å². The number of ether oxygens (including phenoxy) is 1. The Bertz CT molecular complexity index is 591. The summed E-state index contributed by atoms with van der Waals surface area (Å²) in [6, 6.07) is 17.5. The van der Waals surface area contributed by atoms with Crippen LogP contribution < -0.4 is 0 Å². The van der Waals surface area contributed by atoms with E-state index >= 15 is 0 Å². The second-order valence-electron chi connectivity index (χ2n) is 5.00. The highest BCUT2D eigenvalue weighted by Gasteiger charge is 2.32. The van der Waals surface area contributed by atoms with Crippen molar-refractivity contribution in [2.75, 3.05) is 0 Å². The Morgan fingerprint density at radius 1 is 0.739 bits per heavy atom. The van der Waals surface area contributed by atoms with E-state index in [1.165, 1.54) is 0 Å². The Morgan fingerprint density at radius 3 is 1.39 bits per heavy atom. The molecule has 7 nitrogen and oxygen atoms in total. The topological polar surface area (TPSA) is 95.5 Å². The van der Waals surface area contributed by atoms with E-state index < -0.39 is 22.3 Å². The number of benzene rings is 2. The third-order valence-electron chi connectivity index (χ3n) is 3.29. The van der Waals surface area contributed by atoms with E-state index in [0.29, 0.717) is 11.1 Å². The molecule has 0 fully saturated rings. The van der Waals surface area contributed by atoms with Gasteiger partial charge in [-0.3, -0.25) is 20.2 Å². The van der Waals surface area contributed by atoms with E-state index in [2.05, 4.69) is 0 Å². The van der Waals surface area contributed by atoms with Crippen LogP contribution in [0.2, 0.25) is 0 Å². The minimum absolute atomic E-state index is 0.0209. The molecule has 2 rings (SSSR count). The Kier molecular flexibility index (Phi) is 5.76. The van der Waals surface area contributed by atoms with Crippen molar-refractivity contribution in [1.29, 1.82) is 0 Å². The predicted octanol–water partition coefficient (Wildman–Crippen LogP) is 2.69. The molecule has 2 unspecified atom stereocenters. The van der Waals surface area contributed by atoms with Gasteiger partial charge < -0.3 is 0 Å². The number of nitro groups is 2. The highest BCUT2D eigenvalue weighted by molar-refractivity contribution is 5.16. The average molecular weight is 316 g/mol. The van der Waals surface area contributed by atoms with Crippen LogP contribution in [0.4, 0.5) is 0 Å². The molecule has 0 radical (unpaired) electrons. The van der Waals surface area contributed by atoms with Crippen LogP contribution in [0.5, 0.6) is 0 Å². The molecule has 23 heavy (non-hydrogen) atoms. The molecule has 0 aliphatic heterocycles. The molecule has 0 N–H and O–H groups in total. The fourth-order valence-electron chi connectivity index (χ4n) is 2.16. The summed E-state index contributed by atoms with van der Waals surface area (Å²) in [7, 11) is 0. The van der Waals surface area contributed by atoms with Crippen LogP contribution in [0.3, 0.4) is 0 Å². The molecule has 7 heteroatoms. The fourth-order valence-corrected chi connectivity index (χ4v) is 2.16. The first-order valence-corrected chi connectivity index (χ1v) is 7.06. The van der Waals surface area contributed by atoms with E-state index in [9.17, 15) is 20.2 Å². The third kappa shape index (κ3) is 5.15. The van der Waals surface area contributed by atoms with Crippen molar-refractivity contribution < 1.29 is 14.6 Å². The molecule has 2 aromatic rings. The second kappa shape index (κ2) is 8.00. The lowest BCUT2D eigenvalue weighted by atomic mass is 10.1. The van der Waals surface area contributed by atoms with Gasteiger partial charge in [0.2, 0.25) is 0 Å². The summed E-state index contributed by atoms with van der Waals surface area (Å²) in [5.74, 6) is 0. The lowest BCUT2D eigenvalue weighted by molar-refractivity contribution is -0.646. The second-order valence-corrected chi connectivity index (χ2v) is 5.00. The number of nitrogens with zero attached hydrogens (tertiary/aromatic N) is 2. The fraction of sp³-hybridized carbons (Fsp3) is 0.250. The van der Waals surface area contributed by atoms with Gasteiger partial charge in [0.15, 0.2) is 0 Å². The highest BCUT2D eigenvalue weighted by Crippen LogP contribution is 2.13. The molecular weight excluding hydrogens is 300 g/mol. The minimum Gasteiger partial charge on any atom is -0.262 e. The van der Waals surface area contributed by atoms with Crippen molar-refractivity contribution in [2.45, 2.75) is 25.3 Å². The van der Waals surface area contributed by atoms with Crippen molar-refractivity contribution >= 4 is 0 Å². The first kappa shape index (κ1) is 16.6. The Hall–Kier alpha value is -2.80. The van der Waals surface area contributed by atoms with E-state index in [4.69, 9.17) is 4.74 Å². The van der Waals surface area contributed by atoms with Gasteiger partial charge in [0.05, 0.1) is 22.7 Å². The van der Waals surface area contributed by atoms with Crippen LogP contribution in [-0.4, -0.2) is 22.3 Å². The summed E-state index contributed by atoms with van der Waals surface area (Å²) in [5.41, 5.74) is 1.38. The molecule has 0 saturated heterocycles. The summed E-state index contributed by atoms with van der Waals surface area (Å²) >= 11 is 0. The van der Waals surface area contributed by atoms with Gasteiger partial charge in [-0.2, -0.15) is 0 Å². The van der Waals surface area contributed by atoms with Gasteiger partial charge in [-0.25, -0.2) is 4.74 Å². The van der Waals surface area contributed by atoms with Gasteiger partial charge in [0.1, 0.15) is 0 Å². The normalized spacial score (nSPS) is 13.2. The minimum atomic E-state index is -1.46. The van der Waals surface area contributed by atoms with E-state index in [-0.39, 0.29) is 12.8 Å². The monoisotopic (exact) mass is 316 g/mol. The van der Waals surface area contributed by atoms with Crippen LogP contribution >= 0.6 is 0 Å². The maximum absolute atomic E-state index is 11.2. The zero-order valence-electron chi connectivity index (χ0n) is 12.3. The Balaban J connectivity index is 2.08. The Morgan fingerprint density at radius 2 is 1.09 bits per heavy atom. The molecule has 0 spiro atoms. The molecule has 120 valence electrons. The molecule has 0 saturated carbocycles. The van der Waals surface area contributed by atoms with Gasteiger partial charge >= 0.3 is 12.5 Å². The van der Waals surface area contributed by atoms with Gasteiger partial charge in [-0.15, -0.1) is 0 Å². The first-order chi connectivity index (χ1) is 11.1. The Labute approximate surface area is 132 Å². The third-order valence-corrected chi connectivity index (χ3v) is 3.29. The first-order valence-electron chi connectivity index (χ1n) is 7.06. The summed E-state index contributed by atoms with van der Waals surface area (Å²) in [6.07, 6.45) is -2.96. The lowest BCUT2D eigenvalue weighted by Crippen LogP contribution is -2.36. The largest absolute Gasteiger partial charge is 0.324 e. The number of rotatable bonds is 8. The van der Waals surface area contributed by atoms with Crippen LogP contribution in [0.15, 0.2) is 60.7 Å². The van der Waals surface area contributed by atoms with Gasteiger partial charge in [0.25, 0.3) is 0 Å². The zero-order chi connectivity index (χ0) is 16.7. The van der Waals surface area contributed by atoms with Gasteiger partial charge in [0, 0.05) is 0 Å². The molecular formula is C16H16N2O5. The molecule has 0 aromatic heterocycles. The highest BCUT2D eigenvalue weighted by atomic mass is 16.7. The van der Waals surface area contributed by atoms with Crippen LogP contribution in [0.1, 0.15) is 11.1 Å². The number of hydrogen-bond acceptors (Lipinski definition) is 5. The van der Waals surface area contributed by atoms with Crippen molar-refractivity contribution in [3.63, 3.8) is 0 Å². The van der Waals surface area contributed by atoms with Crippen molar-refractivity contribution in [1.82, 2.24) is 0 Å². The molecule has 2 atom stereocenters. The standard InChI is InChI=1S/C16H16N2O5/c19-17(20)15(11-13-7-3-1-4-8-13)23-16(18(21)22)12-14-9-5-2-6-10-14/h1-10,15-16H,11-12H2.